The third kappa shape index (κ3) is 427. The second-order valence-corrected chi connectivity index (χ2v) is 0.289. The molecule has 0 spiro atoms. The van der Waals surface area contributed by atoms with Crippen molar-refractivity contribution < 1.29 is 93.6 Å². The molecule has 7 nitrogen and oxygen atoms in total. The summed E-state index contributed by atoms with van der Waals surface area (Å²) in [7, 11) is -2.92. The molecule has 0 fully saturated rings. The zero-order valence-electron chi connectivity index (χ0n) is 6.80. The molecule has 8 N–H and O–H groups in total. The molecule has 0 aliphatic rings. The van der Waals surface area contributed by atoms with Gasteiger partial charge in [-0.3, -0.25) is 7.32 Å². The molecular weight excluding hydrogens is 144 g/mol. The van der Waals surface area contributed by atoms with Crippen molar-refractivity contribution in [3.63, 3.8) is 0 Å². The van der Waals surface area contributed by atoms with Crippen LogP contribution in [0.5, 0.6) is 0 Å². The monoisotopic (exact) mass is 152 g/mol. The number of rotatable bonds is 0. The van der Waals surface area contributed by atoms with Crippen LogP contribution in [0.3, 0.4) is 0 Å². The summed E-state index contributed by atoms with van der Waals surface area (Å²) in [4.78, 5) is 0. The predicted octanol–water partition coefficient (Wildman–Crippen LogP) is -16.2. The van der Waals surface area contributed by atoms with E-state index in [1.54, 1.807) is 0 Å². The van der Waals surface area contributed by atoms with E-state index < -0.39 is 7.32 Å². The third-order valence-electron chi connectivity index (χ3n) is 0. The molecule has 0 radical (unpaired) electrons. The van der Waals surface area contributed by atoms with E-state index in [0.29, 0.717) is 0 Å². The van der Waals surface area contributed by atoms with Crippen LogP contribution in [-0.2, 0) is 0 Å². The summed E-state index contributed by atoms with van der Waals surface area (Å²) < 4.78 is 0. The SMILES string of the molecule is O.O.O.O.[Li+].[Li+].[Li+].[O-]B([O-])[O-]. The summed E-state index contributed by atoms with van der Waals surface area (Å²) in [6.07, 6.45) is 0. The molecule has 0 saturated heterocycles. The van der Waals surface area contributed by atoms with Gasteiger partial charge in [-0.15, -0.1) is 0 Å². The maximum atomic E-state index is 8.42. The first-order chi connectivity index (χ1) is 1.73. The minimum atomic E-state index is -2.92. The molecule has 0 saturated carbocycles. The summed E-state index contributed by atoms with van der Waals surface area (Å²) in [5.74, 6) is 0. The summed E-state index contributed by atoms with van der Waals surface area (Å²) >= 11 is 0. The van der Waals surface area contributed by atoms with Gasteiger partial charge in [0.05, 0.1) is 0 Å². The van der Waals surface area contributed by atoms with Crippen molar-refractivity contribution in [2.45, 2.75) is 0 Å². The Morgan fingerprint density at radius 2 is 0.545 bits per heavy atom. The van der Waals surface area contributed by atoms with E-state index in [1.165, 1.54) is 0 Å². The van der Waals surface area contributed by atoms with Crippen LogP contribution >= 0.6 is 0 Å². The average Bonchev–Trinajstić information content (AvgIpc) is 0.811. The smallest absolute Gasteiger partial charge is 0.907 e. The summed E-state index contributed by atoms with van der Waals surface area (Å²) in [6, 6.07) is 0. The Hall–Kier alpha value is 1.58. The molecule has 0 amide bonds. The third-order valence-corrected chi connectivity index (χ3v) is 0. The molecule has 11 heavy (non-hydrogen) atoms. The van der Waals surface area contributed by atoms with Crippen LogP contribution < -0.4 is 71.7 Å². The Morgan fingerprint density at radius 3 is 0.545 bits per heavy atom. The Labute approximate surface area is 101 Å². The van der Waals surface area contributed by atoms with Crippen LogP contribution in [0.25, 0.3) is 0 Å². The average molecular weight is 152 g/mol. The molecule has 0 aliphatic heterocycles. The van der Waals surface area contributed by atoms with Gasteiger partial charge in [-0.05, 0) is 0 Å². The fourth-order valence-corrected chi connectivity index (χ4v) is 0. The van der Waals surface area contributed by atoms with E-state index >= 15 is 0 Å². The summed E-state index contributed by atoms with van der Waals surface area (Å²) in [6.45, 7) is 0. The van der Waals surface area contributed by atoms with E-state index in [4.69, 9.17) is 15.1 Å². The van der Waals surface area contributed by atoms with E-state index in [9.17, 15) is 0 Å². The Balaban J connectivity index is -0.00000000214. The van der Waals surface area contributed by atoms with Crippen molar-refractivity contribution in [1.82, 2.24) is 0 Å². The minimum Gasteiger partial charge on any atom is -0.907 e. The topological polar surface area (TPSA) is 195 Å². The molecule has 0 aromatic rings. The molecule has 0 aromatic heterocycles. The van der Waals surface area contributed by atoms with Gasteiger partial charge < -0.3 is 37.0 Å². The van der Waals surface area contributed by atoms with Gasteiger partial charge in [-0.1, -0.05) is 0 Å². The van der Waals surface area contributed by atoms with Crippen molar-refractivity contribution in [3.8, 4) is 0 Å². The van der Waals surface area contributed by atoms with E-state index in [1.807, 2.05) is 0 Å². The number of hydrogen-bond donors (Lipinski definition) is 0. The maximum absolute atomic E-state index is 8.42. The van der Waals surface area contributed by atoms with Gasteiger partial charge in [0.25, 0.3) is 0 Å². The van der Waals surface area contributed by atoms with Crippen LogP contribution in [0.1, 0.15) is 0 Å². The van der Waals surface area contributed by atoms with Crippen molar-refractivity contribution in [3.05, 3.63) is 0 Å². The number of hydrogen-bond acceptors (Lipinski definition) is 3. The normalized spacial score (nSPS) is 2.45. The van der Waals surface area contributed by atoms with Gasteiger partial charge >= 0.3 is 56.6 Å². The van der Waals surface area contributed by atoms with Gasteiger partial charge in [-0.25, -0.2) is 0 Å². The van der Waals surface area contributed by atoms with Crippen LogP contribution in [-0.4, -0.2) is 29.2 Å². The quantitative estimate of drug-likeness (QED) is 0.311. The molecule has 0 atom stereocenters. The van der Waals surface area contributed by atoms with Crippen LogP contribution in [0.4, 0.5) is 0 Å². The first-order valence-electron chi connectivity index (χ1n) is 0.707. The fourth-order valence-electron chi connectivity index (χ4n) is 0. The van der Waals surface area contributed by atoms with Gasteiger partial charge in [-0.2, -0.15) is 0 Å². The van der Waals surface area contributed by atoms with Gasteiger partial charge in [0, 0.05) is 0 Å². The first-order valence-corrected chi connectivity index (χ1v) is 0.707. The van der Waals surface area contributed by atoms with Gasteiger partial charge in [0.15, 0.2) is 0 Å². The zero-order chi connectivity index (χ0) is 3.58. The van der Waals surface area contributed by atoms with Crippen LogP contribution in [0.2, 0.25) is 0 Å². The largest absolute Gasteiger partial charge is 1.00 e. The minimum absolute atomic E-state index is 0. The molecule has 0 bridgehead atoms. The van der Waals surface area contributed by atoms with E-state index in [0.717, 1.165) is 0 Å². The van der Waals surface area contributed by atoms with Crippen molar-refractivity contribution in [1.29, 1.82) is 0 Å². The predicted molar refractivity (Wildman–Crippen MR) is 20.2 cm³/mol. The molecular formula is H8BLi3O7. The Morgan fingerprint density at radius 1 is 0.545 bits per heavy atom. The molecule has 0 heterocycles. The maximum Gasteiger partial charge on any atom is 1.00 e. The second kappa shape index (κ2) is 61.8. The van der Waals surface area contributed by atoms with Gasteiger partial charge in [0.1, 0.15) is 0 Å². The summed E-state index contributed by atoms with van der Waals surface area (Å²) in [5, 5.41) is 25.2. The molecule has 0 aromatic carbocycles. The van der Waals surface area contributed by atoms with Crippen molar-refractivity contribution >= 4 is 7.32 Å². The zero-order valence-corrected chi connectivity index (χ0v) is 6.80. The van der Waals surface area contributed by atoms with Crippen molar-refractivity contribution in [2.75, 3.05) is 0 Å². The van der Waals surface area contributed by atoms with Crippen LogP contribution in [0, 0.1) is 0 Å². The van der Waals surface area contributed by atoms with E-state index in [2.05, 4.69) is 0 Å². The van der Waals surface area contributed by atoms with Crippen LogP contribution in [0.15, 0.2) is 0 Å². The molecule has 0 aliphatic carbocycles. The molecule has 56 valence electrons. The van der Waals surface area contributed by atoms with E-state index in [-0.39, 0.29) is 78.5 Å². The fraction of sp³-hybridized carbons (Fsp3) is 0. The molecule has 11 heteroatoms. The Bertz CT molecular complexity index is 18.4. The summed E-state index contributed by atoms with van der Waals surface area (Å²) in [5.41, 5.74) is 0. The standard InChI is InChI=1S/BO3.3Li.4H2O/c2-1(3)4;;;;;;;/h;;;;4*1H2/q-3;3*+1;;;;. The van der Waals surface area contributed by atoms with Crippen molar-refractivity contribution in [2.24, 2.45) is 0 Å². The molecule has 0 rings (SSSR count). The van der Waals surface area contributed by atoms with Gasteiger partial charge in [0.2, 0.25) is 0 Å². The molecule has 0 unspecified atom stereocenters. The second-order valence-electron chi connectivity index (χ2n) is 0.289. The first kappa shape index (κ1) is 80.5. The Kier molecular flexibility index (Phi) is 452.